The number of aliphatic hydroxyl groups is 2. The van der Waals surface area contributed by atoms with Crippen LogP contribution in [0.5, 0.6) is 0 Å². The Kier molecular flexibility index (Phi) is 7.58. The topological polar surface area (TPSA) is 128 Å². The number of carbonyl (C=O) groups is 2. The van der Waals surface area contributed by atoms with E-state index in [2.05, 4.69) is 36.3 Å². The molecule has 0 aliphatic heterocycles. The molecular weight excluding hydrogens is 508 g/mol. The van der Waals surface area contributed by atoms with E-state index in [4.69, 9.17) is 11.3 Å². The predicted octanol–water partition coefficient (Wildman–Crippen LogP) is 3.99. The fourth-order valence-corrected chi connectivity index (χ4v) is 8.40. The van der Waals surface area contributed by atoms with Crippen molar-refractivity contribution in [3.8, 4) is 12.3 Å². The van der Waals surface area contributed by atoms with Crippen molar-refractivity contribution in [2.45, 2.75) is 83.0 Å². The van der Waals surface area contributed by atoms with Gasteiger partial charge in [0.15, 0.2) is 12.6 Å². The second-order valence-electron chi connectivity index (χ2n) is 12.6. The Morgan fingerprint density at radius 2 is 1.85 bits per heavy atom. The third-order valence-electron chi connectivity index (χ3n) is 10.8. The van der Waals surface area contributed by atoms with Gasteiger partial charge in [-0.3, -0.25) is 4.79 Å². The Morgan fingerprint density at radius 1 is 1.12 bits per heavy atom. The van der Waals surface area contributed by atoms with Gasteiger partial charge in [0.05, 0.1) is 5.71 Å². The van der Waals surface area contributed by atoms with Gasteiger partial charge < -0.3 is 25.5 Å². The first-order chi connectivity index (χ1) is 19.0. The van der Waals surface area contributed by atoms with Gasteiger partial charge in [-0.2, -0.15) is 0 Å². The number of fused-ring (bicyclic) bond motifs is 5. The van der Waals surface area contributed by atoms with E-state index in [0.29, 0.717) is 29.7 Å². The Morgan fingerprint density at radius 3 is 2.55 bits per heavy atom. The molecule has 0 saturated heterocycles. The van der Waals surface area contributed by atoms with Crippen molar-refractivity contribution in [1.29, 1.82) is 0 Å². The van der Waals surface area contributed by atoms with Crippen molar-refractivity contribution in [1.82, 2.24) is 5.32 Å². The first kappa shape index (κ1) is 28.4. The fourth-order valence-electron chi connectivity index (χ4n) is 8.40. The summed E-state index contributed by atoms with van der Waals surface area (Å²) >= 11 is 0. The zero-order valence-electron chi connectivity index (χ0n) is 23.3. The summed E-state index contributed by atoms with van der Waals surface area (Å²) < 4.78 is 0. The molecule has 0 aromatic heterocycles. The molecule has 0 bridgehead atoms. The number of carbonyl (C=O) groups excluding carboxylic acids is 1. The summed E-state index contributed by atoms with van der Waals surface area (Å²) in [5.74, 6) is 2.27. The maximum Gasteiger partial charge on any atom is 0.329 e. The van der Waals surface area contributed by atoms with Gasteiger partial charge in [-0.25, -0.2) is 4.79 Å². The molecule has 214 valence electrons. The van der Waals surface area contributed by atoms with Crippen molar-refractivity contribution < 1.29 is 29.7 Å². The summed E-state index contributed by atoms with van der Waals surface area (Å²) in [5.41, 5.74) is 1.40. The molecule has 0 radical (unpaired) electrons. The van der Waals surface area contributed by atoms with Gasteiger partial charge in [-0.1, -0.05) is 60.8 Å². The Balaban J connectivity index is 1.21. The van der Waals surface area contributed by atoms with E-state index in [0.717, 1.165) is 50.7 Å². The van der Waals surface area contributed by atoms with Crippen LogP contribution in [-0.2, 0) is 14.4 Å². The lowest BCUT2D eigenvalue weighted by atomic mass is 9.46. The van der Waals surface area contributed by atoms with Crippen LogP contribution in [0.4, 0.5) is 0 Å². The minimum Gasteiger partial charge on any atom is -0.480 e. The fraction of sp³-hybridized carbons (Fsp3) is 0.594. The van der Waals surface area contributed by atoms with Crippen LogP contribution in [0.2, 0.25) is 0 Å². The number of nitrogens with zero attached hydrogens (tertiary/aromatic N) is 1. The smallest absolute Gasteiger partial charge is 0.329 e. The Bertz CT molecular complexity index is 1250. The molecule has 0 unspecified atom stereocenters. The molecule has 5 rings (SSSR count). The molecule has 4 aliphatic carbocycles. The van der Waals surface area contributed by atoms with Crippen LogP contribution in [0.3, 0.4) is 0 Å². The maximum atomic E-state index is 12.4. The number of hydrogen-bond donors (Lipinski definition) is 4. The lowest BCUT2D eigenvalue weighted by Crippen LogP contribution is -2.54. The predicted molar refractivity (Wildman–Crippen MR) is 150 cm³/mol. The minimum atomic E-state index is -1.51. The molecule has 3 fully saturated rings. The minimum absolute atomic E-state index is 0.0692. The monoisotopic (exact) mass is 548 g/mol. The number of nitrogens with one attached hydrogen (secondary N) is 1. The summed E-state index contributed by atoms with van der Waals surface area (Å²) in [6.07, 6.45) is 13.9. The van der Waals surface area contributed by atoms with Crippen molar-refractivity contribution in [3.63, 3.8) is 0 Å². The van der Waals surface area contributed by atoms with Crippen molar-refractivity contribution in [2.24, 2.45) is 33.7 Å². The molecule has 0 spiro atoms. The quantitative estimate of drug-likeness (QED) is 0.301. The van der Waals surface area contributed by atoms with E-state index in [1.165, 1.54) is 5.57 Å². The van der Waals surface area contributed by atoms with Gasteiger partial charge in [0, 0.05) is 5.41 Å². The second-order valence-corrected chi connectivity index (χ2v) is 12.6. The second kappa shape index (κ2) is 10.7. The highest BCUT2D eigenvalue weighted by molar-refractivity contribution is 5.96. The van der Waals surface area contributed by atoms with E-state index in [1.807, 2.05) is 0 Å². The lowest BCUT2D eigenvalue weighted by Gasteiger charge is -2.58. The number of hydrogen-bond acceptors (Lipinski definition) is 6. The van der Waals surface area contributed by atoms with Crippen molar-refractivity contribution in [3.05, 3.63) is 47.5 Å². The number of aliphatic hydroxyl groups excluding tert-OH is 1. The number of amides is 1. The molecular formula is C32H40N2O6. The highest BCUT2D eigenvalue weighted by atomic mass is 16.6. The van der Waals surface area contributed by atoms with Crippen molar-refractivity contribution in [2.75, 3.05) is 6.61 Å². The summed E-state index contributed by atoms with van der Waals surface area (Å²) in [4.78, 5) is 29.5. The van der Waals surface area contributed by atoms with Crippen LogP contribution in [0.1, 0.15) is 76.9 Å². The number of oxime groups is 1. The zero-order valence-corrected chi connectivity index (χ0v) is 23.3. The Labute approximate surface area is 235 Å². The summed E-state index contributed by atoms with van der Waals surface area (Å²) in [5, 5.41) is 37.7. The number of rotatable bonds is 7. The van der Waals surface area contributed by atoms with Gasteiger partial charge in [0.2, 0.25) is 0 Å². The van der Waals surface area contributed by atoms with Gasteiger partial charge in [-0.15, -0.1) is 6.42 Å². The van der Waals surface area contributed by atoms with Crippen LogP contribution in [0.25, 0.3) is 0 Å². The van der Waals surface area contributed by atoms with Crippen molar-refractivity contribution >= 4 is 17.6 Å². The third-order valence-corrected chi connectivity index (χ3v) is 10.8. The van der Waals surface area contributed by atoms with Gasteiger partial charge in [0.1, 0.15) is 11.7 Å². The molecule has 3 saturated carbocycles. The first-order valence-electron chi connectivity index (χ1n) is 14.4. The Hall–Kier alpha value is -3.15. The highest BCUT2D eigenvalue weighted by Gasteiger charge is 2.63. The summed E-state index contributed by atoms with van der Waals surface area (Å²) in [6, 6.07) is 6.83. The molecule has 4 N–H and O–H groups in total. The van der Waals surface area contributed by atoms with Gasteiger partial charge in [0.25, 0.3) is 5.91 Å². The zero-order chi connectivity index (χ0) is 28.7. The van der Waals surface area contributed by atoms with E-state index in [1.54, 1.807) is 30.3 Å². The molecule has 8 atom stereocenters. The summed E-state index contributed by atoms with van der Waals surface area (Å²) in [6.45, 7) is 4.13. The molecule has 40 heavy (non-hydrogen) atoms. The molecule has 8 heteroatoms. The average Bonchev–Trinajstić information content (AvgIpc) is 3.22. The number of carboxylic acids is 1. The van der Waals surface area contributed by atoms with E-state index in [9.17, 15) is 24.9 Å². The van der Waals surface area contributed by atoms with Gasteiger partial charge in [-0.05, 0) is 86.2 Å². The van der Waals surface area contributed by atoms with Crippen LogP contribution in [-0.4, -0.2) is 51.2 Å². The molecule has 1 amide bonds. The highest BCUT2D eigenvalue weighted by Crippen LogP contribution is 2.67. The number of allylic oxidation sites excluding steroid dienone is 2. The van der Waals surface area contributed by atoms with E-state index < -0.39 is 36.2 Å². The SMILES string of the molecule is C#C[C@]1(O)CC[C@@H]2[C@H]3CCC4=CC(=NOCC(=O)N[C@H](C(=O)O)[C@H](O)c5ccccc5)CC[C@]4(C)[C@H]3CC[C@]21C. The summed E-state index contributed by atoms with van der Waals surface area (Å²) in [7, 11) is 0. The molecule has 4 aliphatic rings. The molecule has 8 nitrogen and oxygen atoms in total. The largest absolute Gasteiger partial charge is 0.480 e. The lowest BCUT2D eigenvalue weighted by molar-refractivity contribution is -0.146. The maximum absolute atomic E-state index is 12.4. The number of aliphatic carboxylic acids is 1. The van der Waals surface area contributed by atoms with Crippen LogP contribution < -0.4 is 5.32 Å². The number of carboxylic acid groups (broad SMARTS) is 1. The standard InChI is InChI=1S/C32H40N2O6/c1-4-32(39)17-14-25-23-11-10-21-18-22(12-15-30(21,2)24(23)13-16-31(25,32)3)34-40-19-26(35)33-27(29(37)38)28(36)20-8-6-5-7-9-20/h1,5-9,18,23-25,27-28,36,39H,10-17,19H2,2-3H3,(H,33,35)(H,37,38)/t23-,24-,25+,27-,28+,30-,31+,32-/m0/s1. The average molecular weight is 549 g/mol. The molecule has 1 aromatic carbocycles. The van der Waals surface area contributed by atoms with Crippen LogP contribution in [0.15, 0.2) is 47.1 Å². The first-order valence-corrected chi connectivity index (χ1v) is 14.4. The molecule has 0 heterocycles. The number of benzene rings is 1. The molecule has 1 aromatic rings. The van der Waals surface area contributed by atoms with E-state index in [-0.39, 0.29) is 10.8 Å². The normalized spacial score (nSPS) is 37.1. The third kappa shape index (κ3) is 4.73. The van der Waals surface area contributed by atoms with Crippen LogP contribution in [0, 0.1) is 40.9 Å². The van der Waals surface area contributed by atoms with E-state index >= 15 is 0 Å². The van der Waals surface area contributed by atoms with Gasteiger partial charge >= 0.3 is 5.97 Å². The van der Waals surface area contributed by atoms with Crippen LogP contribution >= 0.6 is 0 Å². The number of terminal acetylenes is 1.